The third-order valence-corrected chi connectivity index (χ3v) is 3.81. The van der Waals surface area contributed by atoms with Crippen molar-refractivity contribution in [1.82, 2.24) is 5.32 Å². The molecule has 2 nitrogen and oxygen atoms in total. The zero-order valence-electron chi connectivity index (χ0n) is 12.7. The van der Waals surface area contributed by atoms with Gasteiger partial charge in [-0.1, -0.05) is 33.8 Å². The highest BCUT2D eigenvalue weighted by Crippen LogP contribution is 2.35. The number of rotatable bonds is 5. The lowest BCUT2D eigenvalue weighted by molar-refractivity contribution is 0.315. The van der Waals surface area contributed by atoms with Gasteiger partial charge < -0.3 is 10.1 Å². The maximum Gasteiger partial charge on any atom is 0.119 e. The second-order valence-electron chi connectivity index (χ2n) is 6.13. The van der Waals surface area contributed by atoms with Crippen LogP contribution in [-0.4, -0.2) is 13.2 Å². The van der Waals surface area contributed by atoms with Gasteiger partial charge in [-0.15, -0.1) is 0 Å². The molecule has 1 aliphatic heterocycles. The van der Waals surface area contributed by atoms with Crippen molar-refractivity contribution in [3.8, 4) is 5.75 Å². The summed E-state index contributed by atoms with van der Waals surface area (Å²) in [5.41, 5.74) is 2.94. The first-order chi connectivity index (χ1) is 9.11. The highest BCUT2D eigenvalue weighted by molar-refractivity contribution is 5.41. The molecular weight excluding hydrogens is 234 g/mol. The summed E-state index contributed by atoms with van der Waals surface area (Å²) in [6.07, 6.45) is 2.25. The molecule has 19 heavy (non-hydrogen) atoms. The van der Waals surface area contributed by atoms with E-state index in [1.54, 1.807) is 0 Å². The third kappa shape index (κ3) is 3.50. The van der Waals surface area contributed by atoms with Gasteiger partial charge in [0.15, 0.2) is 0 Å². The molecule has 0 saturated heterocycles. The van der Waals surface area contributed by atoms with E-state index in [9.17, 15) is 0 Å². The van der Waals surface area contributed by atoms with Gasteiger partial charge in [0.1, 0.15) is 5.75 Å². The quantitative estimate of drug-likeness (QED) is 0.854. The molecule has 1 aromatic rings. The van der Waals surface area contributed by atoms with Crippen molar-refractivity contribution < 1.29 is 4.74 Å². The van der Waals surface area contributed by atoms with Crippen molar-refractivity contribution in [2.75, 3.05) is 13.2 Å². The standard InChI is InChI=1S/C17H27NO/c1-5-8-19-14-6-7-15-13(4)11-18-17(9-12(2)3)16(15)10-14/h6-7,10,12-13,17-18H,5,8-9,11H2,1-4H3. The molecule has 1 aliphatic rings. The fourth-order valence-corrected chi connectivity index (χ4v) is 2.83. The topological polar surface area (TPSA) is 21.3 Å². The Hall–Kier alpha value is -1.02. The average molecular weight is 261 g/mol. The number of nitrogens with one attached hydrogen (secondary N) is 1. The van der Waals surface area contributed by atoms with E-state index in [0.29, 0.717) is 17.9 Å². The lowest BCUT2D eigenvalue weighted by Crippen LogP contribution is -2.32. The van der Waals surface area contributed by atoms with Crippen LogP contribution in [0.25, 0.3) is 0 Å². The normalized spacial score (nSPS) is 22.4. The average Bonchev–Trinajstić information content (AvgIpc) is 2.39. The van der Waals surface area contributed by atoms with Crippen molar-refractivity contribution in [1.29, 1.82) is 0 Å². The molecule has 2 rings (SSSR count). The Kier molecular flexibility index (Phi) is 4.87. The van der Waals surface area contributed by atoms with Crippen LogP contribution in [0.3, 0.4) is 0 Å². The van der Waals surface area contributed by atoms with Crippen LogP contribution in [0, 0.1) is 5.92 Å². The molecule has 2 atom stereocenters. The fraction of sp³-hybridized carbons (Fsp3) is 0.647. The summed E-state index contributed by atoms with van der Waals surface area (Å²) in [5, 5.41) is 3.68. The van der Waals surface area contributed by atoms with E-state index >= 15 is 0 Å². The Morgan fingerprint density at radius 3 is 2.79 bits per heavy atom. The first-order valence-corrected chi connectivity index (χ1v) is 7.61. The van der Waals surface area contributed by atoms with E-state index in [1.165, 1.54) is 17.5 Å². The summed E-state index contributed by atoms with van der Waals surface area (Å²) in [6.45, 7) is 10.9. The summed E-state index contributed by atoms with van der Waals surface area (Å²) < 4.78 is 5.78. The lowest BCUT2D eigenvalue weighted by Gasteiger charge is -2.32. The summed E-state index contributed by atoms with van der Waals surface area (Å²) in [4.78, 5) is 0. The van der Waals surface area contributed by atoms with Gasteiger partial charge in [0, 0.05) is 12.6 Å². The van der Waals surface area contributed by atoms with Crippen LogP contribution in [0.1, 0.15) is 63.6 Å². The van der Waals surface area contributed by atoms with E-state index in [1.807, 2.05) is 0 Å². The Balaban J connectivity index is 2.25. The summed E-state index contributed by atoms with van der Waals surface area (Å²) in [5.74, 6) is 2.32. The van der Waals surface area contributed by atoms with E-state index in [-0.39, 0.29) is 0 Å². The molecule has 0 fully saturated rings. The highest BCUT2D eigenvalue weighted by Gasteiger charge is 2.25. The predicted molar refractivity (Wildman–Crippen MR) is 80.8 cm³/mol. The number of hydrogen-bond donors (Lipinski definition) is 1. The summed E-state index contributed by atoms with van der Waals surface area (Å²) in [7, 11) is 0. The lowest BCUT2D eigenvalue weighted by atomic mass is 9.84. The molecule has 2 unspecified atom stereocenters. The second kappa shape index (κ2) is 6.42. The van der Waals surface area contributed by atoms with Crippen LogP contribution < -0.4 is 10.1 Å². The second-order valence-corrected chi connectivity index (χ2v) is 6.13. The molecule has 1 heterocycles. The van der Waals surface area contributed by atoms with Crippen LogP contribution >= 0.6 is 0 Å². The molecule has 1 N–H and O–H groups in total. The number of ether oxygens (including phenoxy) is 1. The van der Waals surface area contributed by atoms with Crippen LogP contribution in [0.2, 0.25) is 0 Å². The molecule has 0 bridgehead atoms. The van der Waals surface area contributed by atoms with Gasteiger partial charge in [-0.2, -0.15) is 0 Å². The van der Waals surface area contributed by atoms with E-state index in [2.05, 4.69) is 51.2 Å². The molecule has 2 heteroatoms. The summed E-state index contributed by atoms with van der Waals surface area (Å²) >= 11 is 0. The fourth-order valence-electron chi connectivity index (χ4n) is 2.83. The monoisotopic (exact) mass is 261 g/mol. The number of hydrogen-bond acceptors (Lipinski definition) is 2. The SMILES string of the molecule is CCCOc1ccc2c(c1)C(CC(C)C)NCC2C. The minimum atomic E-state index is 0.483. The van der Waals surface area contributed by atoms with Gasteiger partial charge in [-0.05, 0) is 47.9 Å². The first kappa shape index (κ1) is 14.4. The van der Waals surface area contributed by atoms with E-state index in [4.69, 9.17) is 4.74 Å². The number of fused-ring (bicyclic) bond motifs is 1. The molecule has 0 spiro atoms. The molecule has 0 radical (unpaired) electrons. The van der Waals surface area contributed by atoms with Gasteiger partial charge in [0.05, 0.1) is 6.61 Å². The number of benzene rings is 1. The van der Waals surface area contributed by atoms with Gasteiger partial charge >= 0.3 is 0 Å². The van der Waals surface area contributed by atoms with Gasteiger partial charge in [0.25, 0.3) is 0 Å². The summed E-state index contributed by atoms with van der Waals surface area (Å²) in [6, 6.07) is 7.12. The molecule has 0 amide bonds. The maximum absolute atomic E-state index is 5.78. The molecule has 1 aromatic carbocycles. The minimum Gasteiger partial charge on any atom is -0.494 e. The molecular formula is C17H27NO. The van der Waals surface area contributed by atoms with Crippen molar-refractivity contribution in [3.05, 3.63) is 29.3 Å². The predicted octanol–water partition coefficient (Wildman–Crippen LogP) is 4.27. The molecule has 0 aliphatic carbocycles. The van der Waals surface area contributed by atoms with Crippen molar-refractivity contribution in [3.63, 3.8) is 0 Å². The van der Waals surface area contributed by atoms with Crippen LogP contribution in [0.15, 0.2) is 18.2 Å². The van der Waals surface area contributed by atoms with Gasteiger partial charge in [-0.3, -0.25) is 0 Å². The smallest absolute Gasteiger partial charge is 0.119 e. The molecule has 0 aromatic heterocycles. The molecule has 0 saturated carbocycles. The Morgan fingerprint density at radius 2 is 2.11 bits per heavy atom. The van der Waals surface area contributed by atoms with Crippen molar-refractivity contribution >= 4 is 0 Å². The van der Waals surface area contributed by atoms with Gasteiger partial charge in [0.2, 0.25) is 0 Å². The highest BCUT2D eigenvalue weighted by atomic mass is 16.5. The molecule has 106 valence electrons. The zero-order chi connectivity index (χ0) is 13.8. The van der Waals surface area contributed by atoms with Crippen LogP contribution in [0.5, 0.6) is 5.75 Å². The Labute approximate surface area is 117 Å². The zero-order valence-corrected chi connectivity index (χ0v) is 12.7. The third-order valence-electron chi connectivity index (χ3n) is 3.81. The van der Waals surface area contributed by atoms with Crippen molar-refractivity contribution in [2.45, 2.75) is 52.5 Å². The Bertz CT molecular complexity index is 414. The van der Waals surface area contributed by atoms with Crippen LogP contribution in [0.4, 0.5) is 0 Å². The maximum atomic E-state index is 5.78. The van der Waals surface area contributed by atoms with Crippen LogP contribution in [-0.2, 0) is 0 Å². The first-order valence-electron chi connectivity index (χ1n) is 7.61. The van der Waals surface area contributed by atoms with E-state index < -0.39 is 0 Å². The largest absolute Gasteiger partial charge is 0.494 e. The van der Waals surface area contributed by atoms with Crippen molar-refractivity contribution in [2.24, 2.45) is 5.92 Å². The Morgan fingerprint density at radius 1 is 1.32 bits per heavy atom. The minimum absolute atomic E-state index is 0.483. The van der Waals surface area contributed by atoms with E-state index in [0.717, 1.165) is 25.3 Å². The van der Waals surface area contributed by atoms with Gasteiger partial charge in [-0.25, -0.2) is 0 Å².